The third kappa shape index (κ3) is 4.76. The molecule has 0 bridgehead atoms. The molecule has 0 radical (unpaired) electrons. The monoisotopic (exact) mass is 434 g/mol. The highest BCUT2D eigenvalue weighted by Crippen LogP contribution is 2.32. The number of rotatable bonds is 7. The Balaban J connectivity index is 1.31. The van der Waals surface area contributed by atoms with Crippen LogP contribution in [-0.4, -0.2) is 43.9 Å². The van der Waals surface area contributed by atoms with E-state index in [1.165, 1.54) is 31.4 Å². The second-order valence-corrected chi connectivity index (χ2v) is 9.22. The molecule has 1 aromatic heterocycles. The summed E-state index contributed by atoms with van der Waals surface area (Å²) in [6, 6.07) is 6.53. The predicted molar refractivity (Wildman–Crippen MR) is 110 cm³/mol. The Morgan fingerprint density at radius 2 is 1.87 bits per heavy atom. The predicted octanol–water partition coefficient (Wildman–Crippen LogP) is 2.47. The zero-order chi connectivity index (χ0) is 21.0. The lowest BCUT2D eigenvalue weighted by Gasteiger charge is -2.23. The number of hydrogen-bond donors (Lipinski definition) is 2. The summed E-state index contributed by atoms with van der Waals surface area (Å²) < 4.78 is 40.2. The van der Waals surface area contributed by atoms with Crippen LogP contribution >= 0.6 is 0 Å². The van der Waals surface area contributed by atoms with Crippen LogP contribution in [-0.2, 0) is 14.8 Å². The highest BCUT2D eigenvalue weighted by Gasteiger charge is 2.21. The summed E-state index contributed by atoms with van der Waals surface area (Å²) in [6.45, 7) is 0.799. The number of amides is 1. The summed E-state index contributed by atoms with van der Waals surface area (Å²) in [4.78, 5) is 12.4. The van der Waals surface area contributed by atoms with Crippen LogP contribution < -0.4 is 19.5 Å². The summed E-state index contributed by atoms with van der Waals surface area (Å²) in [6.07, 6.45) is 7.37. The van der Waals surface area contributed by atoms with Crippen molar-refractivity contribution in [3.05, 3.63) is 30.5 Å². The maximum Gasteiger partial charge on any atom is 0.240 e. The van der Waals surface area contributed by atoms with Crippen molar-refractivity contribution >= 4 is 21.7 Å². The van der Waals surface area contributed by atoms with Crippen molar-refractivity contribution in [1.82, 2.24) is 14.5 Å². The third-order valence-corrected chi connectivity index (χ3v) is 6.79. The topological polar surface area (TPSA) is 112 Å². The minimum atomic E-state index is -3.76. The van der Waals surface area contributed by atoms with Gasteiger partial charge in [-0.15, -0.1) is 0 Å². The van der Waals surface area contributed by atoms with Gasteiger partial charge in [-0.3, -0.25) is 4.79 Å². The Kier molecular flexibility index (Phi) is 6.24. The molecule has 30 heavy (non-hydrogen) atoms. The number of ether oxygens (including phenoxy) is 2. The van der Waals surface area contributed by atoms with Gasteiger partial charge in [0.25, 0.3) is 0 Å². The Hall–Kier alpha value is -2.59. The van der Waals surface area contributed by atoms with Crippen LogP contribution in [0.5, 0.6) is 11.5 Å². The van der Waals surface area contributed by atoms with Crippen LogP contribution in [0.2, 0.25) is 0 Å². The van der Waals surface area contributed by atoms with Gasteiger partial charge in [0, 0.05) is 25.1 Å². The van der Waals surface area contributed by atoms with E-state index in [9.17, 15) is 13.2 Å². The number of nitrogens with zero attached hydrogens (tertiary/aromatic N) is 2. The van der Waals surface area contributed by atoms with Crippen LogP contribution in [0.3, 0.4) is 0 Å². The normalized spacial score (nSPS) is 16.9. The molecule has 2 N–H and O–H groups in total. The molecule has 0 unspecified atom stereocenters. The summed E-state index contributed by atoms with van der Waals surface area (Å²) in [5, 5.41) is 7.20. The van der Waals surface area contributed by atoms with Crippen molar-refractivity contribution in [3.63, 3.8) is 0 Å². The summed E-state index contributed by atoms with van der Waals surface area (Å²) in [7, 11) is -3.76. The number of sulfonamides is 1. The summed E-state index contributed by atoms with van der Waals surface area (Å²) in [5.74, 6) is 1.31. The first-order valence-corrected chi connectivity index (χ1v) is 11.7. The molecule has 10 heteroatoms. The Labute approximate surface area is 175 Å². The van der Waals surface area contributed by atoms with Crippen LogP contribution in [0.4, 0.5) is 5.82 Å². The standard InChI is InChI=1S/C20H26N4O5S/c25-20(23-19-8-10-21-24(19)15-4-2-1-3-5-15)9-11-22-30(26,27)16-6-7-17-18(14-16)29-13-12-28-17/h6-8,10,14-15,22H,1-5,9,11-13H2,(H,23,25). The number of carbonyl (C=O) groups is 1. The molecule has 2 heterocycles. The average molecular weight is 435 g/mol. The van der Waals surface area contributed by atoms with Crippen molar-refractivity contribution in [2.24, 2.45) is 0 Å². The highest BCUT2D eigenvalue weighted by atomic mass is 32.2. The highest BCUT2D eigenvalue weighted by molar-refractivity contribution is 7.89. The van der Waals surface area contributed by atoms with Gasteiger partial charge in [0.2, 0.25) is 15.9 Å². The first-order valence-electron chi connectivity index (χ1n) is 10.3. The van der Waals surface area contributed by atoms with E-state index in [1.54, 1.807) is 18.3 Å². The second-order valence-electron chi connectivity index (χ2n) is 7.45. The SMILES string of the molecule is O=C(CCNS(=O)(=O)c1ccc2c(c1)OCCO2)Nc1ccnn1C1CCCCC1. The van der Waals surface area contributed by atoms with Gasteiger partial charge in [-0.2, -0.15) is 5.10 Å². The molecule has 4 rings (SSSR count). The Morgan fingerprint density at radius 1 is 1.10 bits per heavy atom. The smallest absolute Gasteiger partial charge is 0.240 e. The lowest BCUT2D eigenvalue weighted by Crippen LogP contribution is -2.28. The minimum Gasteiger partial charge on any atom is -0.486 e. The number of anilines is 1. The van der Waals surface area contributed by atoms with Gasteiger partial charge in [0.05, 0.1) is 17.1 Å². The molecular weight excluding hydrogens is 408 g/mol. The maximum atomic E-state index is 12.5. The van der Waals surface area contributed by atoms with Gasteiger partial charge in [-0.05, 0) is 25.0 Å². The van der Waals surface area contributed by atoms with Gasteiger partial charge in [-0.1, -0.05) is 19.3 Å². The lowest BCUT2D eigenvalue weighted by atomic mass is 9.96. The molecule has 1 saturated carbocycles. The number of hydrogen-bond acceptors (Lipinski definition) is 6. The second kappa shape index (κ2) is 9.05. The zero-order valence-corrected chi connectivity index (χ0v) is 17.5. The first-order chi connectivity index (χ1) is 14.5. The number of benzene rings is 1. The van der Waals surface area contributed by atoms with Crippen LogP contribution in [0.1, 0.15) is 44.6 Å². The van der Waals surface area contributed by atoms with E-state index in [0.29, 0.717) is 36.6 Å². The fourth-order valence-electron chi connectivity index (χ4n) is 3.81. The van der Waals surface area contributed by atoms with Crippen molar-refractivity contribution in [3.8, 4) is 11.5 Å². The molecule has 1 amide bonds. The maximum absolute atomic E-state index is 12.5. The van der Waals surface area contributed by atoms with Gasteiger partial charge < -0.3 is 14.8 Å². The number of carbonyl (C=O) groups excluding carboxylic acids is 1. The van der Waals surface area contributed by atoms with Crippen molar-refractivity contribution in [1.29, 1.82) is 0 Å². The van der Waals surface area contributed by atoms with E-state index in [1.807, 2.05) is 4.68 Å². The van der Waals surface area contributed by atoms with E-state index in [0.717, 1.165) is 12.8 Å². The quantitative estimate of drug-likeness (QED) is 0.692. The molecule has 1 fully saturated rings. The van der Waals surface area contributed by atoms with E-state index in [2.05, 4.69) is 15.1 Å². The molecular formula is C20H26N4O5S. The lowest BCUT2D eigenvalue weighted by molar-refractivity contribution is -0.116. The van der Waals surface area contributed by atoms with Gasteiger partial charge in [0.1, 0.15) is 19.0 Å². The third-order valence-electron chi connectivity index (χ3n) is 5.33. The van der Waals surface area contributed by atoms with Crippen molar-refractivity contribution in [2.45, 2.75) is 49.5 Å². The van der Waals surface area contributed by atoms with Gasteiger partial charge >= 0.3 is 0 Å². The Bertz CT molecular complexity index is 998. The van der Waals surface area contributed by atoms with Crippen LogP contribution in [0.25, 0.3) is 0 Å². The summed E-state index contributed by atoms with van der Waals surface area (Å²) in [5.41, 5.74) is 0. The molecule has 0 saturated heterocycles. The van der Waals surface area contributed by atoms with E-state index in [4.69, 9.17) is 9.47 Å². The Morgan fingerprint density at radius 3 is 2.67 bits per heavy atom. The molecule has 1 aromatic carbocycles. The molecule has 2 aromatic rings. The molecule has 162 valence electrons. The molecule has 1 aliphatic carbocycles. The molecule has 0 spiro atoms. The minimum absolute atomic E-state index is 0.0135. The average Bonchev–Trinajstić information content (AvgIpc) is 3.22. The van der Waals surface area contributed by atoms with E-state index >= 15 is 0 Å². The van der Waals surface area contributed by atoms with E-state index in [-0.39, 0.29) is 23.8 Å². The first kappa shape index (κ1) is 20.7. The fraction of sp³-hybridized carbons (Fsp3) is 0.500. The summed E-state index contributed by atoms with van der Waals surface area (Å²) >= 11 is 0. The van der Waals surface area contributed by atoms with Crippen LogP contribution in [0.15, 0.2) is 35.4 Å². The van der Waals surface area contributed by atoms with E-state index < -0.39 is 10.0 Å². The van der Waals surface area contributed by atoms with Crippen LogP contribution in [0, 0.1) is 0 Å². The van der Waals surface area contributed by atoms with Gasteiger partial charge in [-0.25, -0.2) is 17.8 Å². The molecule has 0 atom stereocenters. The largest absolute Gasteiger partial charge is 0.486 e. The van der Waals surface area contributed by atoms with Crippen molar-refractivity contribution in [2.75, 3.05) is 25.1 Å². The van der Waals surface area contributed by atoms with Gasteiger partial charge in [0.15, 0.2) is 11.5 Å². The number of fused-ring (bicyclic) bond motifs is 1. The fourth-order valence-corrected chi connectivity index (χ4v) is 4.86. The number of aromatic nitrogens is 2. The number of nitrogens with one attached hydrogen (secondary N) is 2. The molecule has 9 nitrogen and oxygen atoms in total. The molecule has 2 aliphatic rings. The molecule has 1 aliphatic heterocycles. The van der Waals surface area contributed by atoms with Crippen molar-refractivity contribution < 1.29 is 22.7 Å². The zero-order valence-electron chi connectivity index (χ0n) is 16.7.